The van der Waals surface area contributed by atoms with Crippen LogP contribution in [0, 0.1) is 0 Å². The number of rotatable bonds is 5. The number of likely N-dealkylation sites (N-methyl/N-ethyl adjacent to an activating group) is 1. The molecule has 0 aromatic carbocycles. The molecule has 0 aromatic heterocycles. The predicted molar refractivity (Wildman–Crippen MR) is 52.9 cm³/mol. The van der Waals surface area contributed by atoms with Gasteiger partial charge in [-0.2, -0.15) is 0 Å². The van der Waals surface area contributed by atoms with Gasteiger partial charge in [0.25, 0.3) is 0 Å². The first-order valence-electron chi connectivity index (χ1n) is 4.42. The molecule has 0 aliphatic carbocycles. The lowest BCUT2D eigenvalue weighted by atomic mass is 10.1. The zero-order chi connectivity index (χ0) is 10.6. The van der Waals surface area contributed by atoms with Gasteiger partial charge in [0.2, 0.25) is 0 Å². The highest BCUT2D eigenvalue weighted by Crippen LogP contribution is 2.02. The van der Waals surface area contributed by atoms with Gasteiger partial charge in [0, 0.05) is 12.6 Å². The average molecular weight is 188 g/mol. The third-order valence-electron chi connectivity index (χ3n) is 2.26. The van der Waals surface area contributed by atoms with Crippen molar-refractivity contribution in [2.24, 2.45) is 0 Å². The molecule has 0 aliphatic rings. The van der Waals surface area contributed by atoms with E-state index in [0.717, 1.165) is 0 Å². The number of nitrogens with zero attached hydrogens (tertiary/aromatic N) is 1. The van der Waals surface area contributed by atoms with Gasteiger partial charge >= 0.3 is 5.97 Å². The summed E-state index contributed by atoms with van der Waals surface area (Å²) in [4.78, 5) is 12.8. The van der Waals surface area contributed by atoms with Gasteiger partial charge in [-0.25, -0.2) is 0 Å². The molecule has 0 saturated heterocycles. The van der Waals surface area contributed by atoms with Crippen LogP contribution in [-0.2, 0) is 4.79 Å². The van der Waals surface area contributed by atoms with Crippen LogP contribution < -0.4 is 5.32 Å². The Kier molecular flexibility index (Phi) is 4.36. The van der Waals surface area contributed by atoms with Crippen molar-refractivity contribution in [1.82, 2.24) is 10.2 Å². The molecule has 0 fully saturated rings. The fourth-order valence-electron chi connectivity index (χ4n) is 0.661. The van der Waals surface area contributed by atoms with Gasteiger partial charge < -0.3 is 15.3 Å². The van der Waals surface area contributed by atoms with Crippen molar-refractivity contribution in [2.45, 2.75) is 32.4 Å². The molecule has 0 aliphatic heterocycles. The number of carboxylic acid groups (broad SMARTS) is 1. The zero-order valence-electron chi connectivity index (χ0n) is 9.09. The first-order valence-corrected chi connectivity index (χ1v) is 4.42. The minimum Gasteiger partial charge on any atom is -0.480 e. The van der Waals surface area contributed by atoms with Gasteiger partial charge in [-0.15, -0.1) is 0 Å². The summed E-state index contributed by atoms with van der Waals surface area (Å²) in [5.41, 5.74) is -0.843. The number of nitrogens with one attached hydrogen (secondary N) is 1. The van der Waals surface area contributed by atoms with Crippen LogP contribution in [0.4, 0.5) is 0 Å². The molecule has 0 radical (unpaired) electrons. The van der Waals surface area contributed by atoms with Crippen molar-refractivity contribution in [3.63, 3.8) is 0 Å². The molecule has 13 heavy (non-hydrogen) atoms. The second kappa shape index (κ2) is 4.58. The SMILES string of the molecule is CC(CNC(C)(C)C(=O)O)N(C)C. The largest absolute Gasteiger partial charge is 0.480 e. The lowest BCUT2D eigenvalue weighted by Crippen LogP contribution is -2.50. The molecule has 1 atom stereocenters. The third-order valence-corrected chi connectivity index (χ3v) is 2.26. The Balaban J connectivity index is 3.95. The van der Waals surface area contributed by atoms with Crippen LogP contribution in [0.25, 0.3) is 0 Å². The number of aliphatic carboxylic acids is 1. The first-order chi connectivity index (χ1) is 5.77. The van der Waals surface area contributed by atoms with E-state index in [-0.39, 0.29) is 0 Å². The topological polar surface area (TPSA) is 52.6 Å². The molecule has 4 heteroatoms. The summed E-state index contributed by atoms with van der Waals surface area (Å²) in [7, 11) is 3.94. The summed E-state index contributed by atoms with van der Waals surface area (Å²) in [6, 6.07) is 0.332. The Labute approximate surface area is 79.9 Å². The van der Waals surface area contributed by atoms with Crippen molar-refractivity contribution in [2.75, 3.05) is 20.6 Å². The van der Waals surface area contributed by atoms with Crippen LogP contribution in [0.2, 0.25) is 0 Å². The normalized spacial score (nSPS) is 14.6. The Hall–Kier alpha value is -0.610. The monoisotopic (exact) mass is 188 g/mol. The maximum absolute atomic E-state index is 10.7. The first kappa shape index (κ1) is 12.4. The van der Waals surface area contributed by atoms with Gasteiger partial charge in [0.15, 0.2) is 0 Å². The van der Waals surface area contributed by atoms with E-state index in [1.165, 1.54) is 0 Å². The smallest absolute Gasteiger partial charge is 0.323 e. The van der Waals surface area contributed by atoms with E-state index < -0.39 is 11.5 Å². The lowest BCUT2D eigenvalue weighted by Gasteiger charge is -2.26. The molecule has 0 spiro atoms. The summed E-state index contributed by atoms with van der Waals surface area (Å²) in [5.74, 6) is -0.821. The highest BCUT2D eigenvalue weighted by molar-refractivity contribution is 5.77. The molecular formula is C9H20N2O2. The van der Waals surface area contributed by atoms with Gasteiger partial charge in [-0.3, -0.25) is 4.79 Å². The van der Waals surface area contributed by atoms with Crippen molar-refractivity contribution >= 4 is 5.97 Å². The Morgan fingerprint density at radius 1 is 1.54 bits per heavy atom. The molecule has 2 N–H and O–H groups in total. The summed E-state index contributed by atoms with van der Waals surface area (Å²) < 4.78 is 0. The highest BCUT2D eigenvalue weighted by Gasteiger charge is 2.26. The molecular weight excluding hydrogens is 168 g/mol. The van der Waals surface area contributed by atoms with E-state index in [9.17, 15) is 4.79 Å². The van der Waals surface area contributed by atoms with E-state index >= 15 is 0 Å². The Morgan fingerprint density at radius 3 is 2.31 bits per heavy atom. The number of hydrogen-bond donors (Lipinski definition) is 2. The van der Waals surface area contributed by atoms with Crippen LogP contribution in [0.5, 0.6) is 0 Å². The molecule has 0 saturated carbocycles. The lowest BCUT2D eigenvalue weighted by molar-refractivity contribution is -0.143. The van der Waals surface area contributed by atoms with E-state index in [1.54, 1.807) is 13.8 Å². The molecule has 0 heterocycles. The fourth-order valence-corrected chi connectivity index (χ4v) is 0.661. The Morgan fingerprint density at radius 2 is 2.00 bits per heavy atom. The summed E-state index contributed by atoms with van der Waals surface area (Å²) in [5, 5.41) is 11.8. The highest BCUT2D eigenvalue weighted by atomic mass is 16.4. The van der Waals surface area contributed by atoms with Crippen molar-refractivity contribution in [3.8, 4) is 0 Å². The zero-order valence-corrected chi connectivity index (χ0v) is 9.09. The Bertz CT molecular complexity index is 178. The average Bonchev–Trinajstić information content (AvgIpc) is 1.99. The van der Waals surface area contributed by atoms with Crippen molar-refractivity contribution in [3.05, 3.63) is 0 Å². The third kappa shape index (κ3) is 4.24. The minimum atomic E-state index is -0.843. The molecule has 0 rings (SSSR count). The van der Waals surface area contributed by atoms with Gasteiger partial charge in [-0.05, 0) is 34.9 Å². The van der Waals surface area contributed by atoms with E-state index in [1.807, 2.05) is 25.9 Å². The van der Waals surface area contributed by atoms with Crippen LogP contribution in [-0.4, -0.2) is 48.2 Å². The van der Waals surface area contributed by atoms with Crippen LogP contribution >= 0.6 is 0 Å². The molecule has 1 unspecified atom stereocenters. The number of hydrogen-bond acceptors (Lipinski definition) is 3. The number of carbonyl (C=O) groups is 1. The molecule has 0 aromatic rings. The fraction of sp³-hybridized carbons (Fsp3) is 0.889. The number of carboxylic acids is 1. The van der Waals surface area contributed by atoms with Crippen LogP contribution in [0.15, 0.2) is 0 Å². The van der Waals surface area contributed by atoms with Gasteiger partial charge in [0.1, 0.15) is 5.54 Å². The van der Waals surface area contributed by atoms with E-state index in [0.29, 0.717) is 12.6 Å². The molecule has 4 nitrogen and oxygen atoms in total. The predicted octanol–water partition coefficient (Wildman–Crippen LogP) is 0.389. The van der Waals surface area contributed by atoms with Crippen LogP contribution in [0.1, 0.15) is 20.8 Å². The van der Waals surface area contributed by atoms with Crippen molar-refractivity contribution < 1.29 is 9.90 Å². The van der Waals surface area contributed by atoms with E-state index in [2.05, 4.69) is 5.32 Å². The van der Waals surface area contributed by atoms with Crippen LogP contribution in [0.3, 0.4) is 0 Å². The second-order valence-corrected chi connectivity index (χ2v) is 4.12. The van der Waals surface area contributed by atoms with E-state index in [4.69, 9.17) is 5.11 Å². The summed E-state index contributed by atoms with van der Waals surface area (Å²) in [6.07, 6.45) is 0. The molecule has 78 valence electrons. The van der Waals surface area contributed by atoms with Gasteiger partial charge in [-0.1, -0.05) is 0 Å². The quantitative estimate of drug-likeness (QED) is 0.655. The molecule has 0 bridgehead atoms. The molecule has 0 amide bonds. The second-order valence-electron chi connectivity index (χ2n) is 4.12. The summed E-state index contributed by atoms with van der Waals surface area (Å²) >= 11 is 0. The minimum absolute atomic E-state index is 0.332. The maximum atomic E-state index is 10.7. The maximum Gasteiger partial charge on any atom is 0.323 e. The van der Waals surface area contributed by atoms with Gasteiger partial charge in [0.05, 0.1) is 0 Å². The standard InChI is InChI=1S/C9H20N2O2/c1-7(11(4)5)6-10-9(2,3)8(12)13/h7,10H,6H2,1-5H3,(H,12,13). The van der Waals surface area contributed by atoms with Crippen molar-refractivity contribution in [1.29, 1.82) is 0 Å². The summed E-state index contributed by atoms with van der Waals surface area (Å²) in [6.45, 7) is 6.05.